The minimum atomic E-state index is 0.742. The Morgan fingerprint density at radius 2 is 2.10 bits per heavy atom. The molecule has 0 aliphatic carbocycles. The quantitative estimate of drug-likeness (QED) is 0.655. The van der Waals surface area contributed by atoms with Gasteiger partial charge in [-0.2, -0.15) is 0 Å². The van der Waals surface area contributed by atoms with Gasteiger partial charge in [-0.3, -0.25) is 0 Å². The molecule has 21 heavy (non-hydrogen) atoms. The van der Waals surface area contributed by atoms with Crippen molar-refractivity contribution in [2.45, 2.75) is 25.8 Å². The van der Waals surface area contributed by atoms with Crippen molar-refractivity contribution < 1.29 is 4.74 Å². The Morgan fingerprint density at radius 3 is 2.95 bits per heavy atom. The van der Waals surface area contributed by atoms with Gasteiger partial charge in [-0.25, -0.2) is 4.98 Å². The predicted octanol–water partition coefficient (Wildman–Crippen LogP) is 2.53. The zero-order valence-corrected chi connectivity index (χ0v) is 12.2. The standard InChI is InChI=1S/C16H22N4O/c17-14-4-5-15-16(12-14)21-11-10-20(15)8-3-1-2-7-19-9-6-18-13-19/h4-6,9,12-13H,1-3,7-8,10-11,17H2. The molecule has 2 aromatic rings. The van der Waals surface area contributed by atoms with E-state index in [1.54, 1.807) is 0 Å². The highest BCUT2D eigenvalue weighted by molar-refractivity contribution is 5.64. The fourth-order valence-corrected chi connectivity index (χ4v) is 2.72. The van der Waals surface area contributed by atoms with Gasteiger partial charge in [0.15, 0.2) is 0 Å². The minimum absolute atomic E-state index is 0.742. The molecule has 1 aromatic carbocycles. The number of aromatic nitrogens is 2. The van der Waals surface area contributed by atoms with Crippen molar-refractivity contribution in [1.29, 1.82) is 0 Å². The number of nitrogens with two attached hydrogens (primary N) is 1. The van der Waals surface area contributed by atoms with Crippen LogP contribution in [0.25, 0.3) is 0 Å². The van der Waals surface area contributed by atoms with Crippen LogP contribution in [0.1, 0.15) is 19.3 Å². The van der Waals surface area contributed by atoms with Crippen LogP contribution in [-0.4, -0.2) is 29.2 Å². The number of fused-ring (bicyclic) bond motifs is 1. The fourth-order valence-electron chi connectivity index (χ4n) is 2.72. The average Bonchev–Trinajstić information content (AvgIpc) is 3.00. The first-order chi connectivity index (χ1) is 10.3. The molecule has 2 N–H and O–H groups in total. The third-order valence-corrected chi connectivity index (χ3v) is 3.85. The molecule has 5 heteroatoms. The molecule has 0 amide bonds. The van der Waals surface area contributed by atoms with Crippen molar-refractivity contribution in [3.8, 4) is 5.75 Å². The van der Waals surface area contributed by atoms with Crippen molar-refractivity contribution in [3.63, 3.8) is 0 Å². The van der Waals surface area contributed by atoms with E-state index >= 15 is 0 Å². The fraction of sp³-hybridized carbons (Fsp3) is 0.438. The lowest BCUT2D eigenvalue weighted by Crippen LogP contribution is -2.33. The van der Waals surface area contributed by atoms with Crippen molar-refractivity contribution in [2.75, 3.05) is 30.3 Å². The van der Waals surface area contributed by atoms with Gasteiger partial charge in [0.1, 0.15) is 12.4 Å². The van der Waals surface area contributed by atoms with E-state index in [1.807, 2.05) is 30.9 Å². The van der Waals surface area contributed by atoms with E-state index in [1.165, 1.54) is 24.9 Å². The number of nitrogen functional groups attached to an aromatic ring is 1. The Morgan fingerprint density at radius 1 is 1.19 bits per heavy atom. The molecule has 1 aromatic heterocycles. The lowest BCUT2D eigenvalue weighted by atomic mass is 10.2. The summed E-state index contributed by atoms with van der Waals surface area (Å²) in [5.74, 6) is 0.916. The summed E-state index contributed by atoms with van der Waals surface area (Å²) in [5.41, 5.74) is 7.74. The number of benzene rings is 1. The number of ether oxygens (including phenoxy) is 1. The zero-order chi connectivity index (χ0) is 14.5. The Hall–Kier alpha value is -2.17. The average molecular weight is 286 g/mol. The maximum Gasteiger partial charge on any atom is 0.144 e. The van der Waals surface area contributed by atoms with Crippen LogP contribution in [0.4, 0.5) is 11.4 Å². The van der Waals surface area contributed by atoms with Gasteiger partial charge in [0.25, 0.3) is 0 Å². The number of unbranched alkanes of at least 4 members (excludes halogenated alkanes) is 2. The van der Waals surface area contributed by atoms with Crippen LogP contribution in [0.15, 0.2) is 36.9 Å². The SMILES string of the molecule is Nc1ccc2c(c1)OCCN2CCCCCn1ccnc1. The second-order valence-corrected chi connectivity index (χ2v) is 5.42. The minimum Gasteiger partial charge on any atom is -0.489 e. The third-order valence-electron chi connectivity index (χ3n) is 3.85. The summed E-state index contributed by atoms with van der Waals surface area (Å²) in [6.45, 7) is 3.82. The maximum atomic E-state index is 5.81. The summed E-state index contributed by atoms with van der Waals surface area (Å²) in [4.78, 5) is 6.46. The molecule has 3 rings (SSSR count). The van der Waals surface area contributed by atoms with Crippen molar-refractivity contribution in [2.24, 2.45) is 0 Å². The molecule has 0 saturated carbocycles. The number of nitrogens with zero attached hydrogens (tertiary/aromatic N) is 3. The predicted molar refractivity (Wildman–Crippen MR) is 84.6 cm³/mol. The largest absolute Gasteiger partial charge is 0.489 e. The number of rotatable bonds is 6. The highest BCUT2D eigenvalue weighted by atomic mass is 16.5. The number of hydrogen-bond acceptors (Lipinski definition) is 4. The van der Waals surface area contributed by atoms with E-state index in [0.29, 0.717) is 0 Å². The molecule has 0 fully saturated rings. The summed E-state index contributed by atoms with van der Waals surface area (Å²) < 4.78 is 7.81. The van der Waals surface area contributed by atoms with Crippen LogP contribution in [0, 0.1) is 0 Å². The first-order valence-electron chi connectivity index (χ1n) is 7.56. The summed E-state index contributed by atoms with van der Waals surface area (Å²) in [6, 6.07) is 5.93. The van der Waals surface area contributed by atoms with Crippen LogP contribution in [0.5, 0.6) is 5.75 Å². The van der Waals surface area contributed by atoms with E-state index in [4.69, 9.17) is 10.5 Å². The van der Waals surface area contributed by atoms with Gasteiger partial charge in [0, 0.05) is 37.2 Å². The van der Waals surface area contributed by atoms with Gasteiger partial charge in [-0.05, 0) is 31.4 Å². The second kappa shape index (κ2) is 6.52. The summed E-state index contributed by atoms with van der Waals surface area (Å²) in [5, 5.41) is 0. The van der Waals surface area contributed by atoms with E-state index in [-0.39, 0.29) is 0 Å². The molecule has 1 aliphatic rings. The number of aryl methyl sites for hydroxylation is 1. The van der Waals surface area contributed by atoms with Gasteiger partial charge in [-0.15, -0.1) is 0 Å². The Labute approximate surface area is 125 Å². The van der Waals surface area contributed by atoms with Gasteiger partial charge >= 0.3 is 0 Å². The van der Waals surface area contributed by atoms with E-state index in [9.17, 15) is 0 Å². The molecule has 0 atom stereocenters. The molecule has 0 radical (unpaired) electrons. The Kier molecular flexibility index (Phi) is 4.28. The van der Waals surface area contributed by atoms with Gasteiger partial charge < -0.3 is 19.9 Å². The summed E-state index contributed by atoms with van der Waals surface area (Å²) >= 11 is 0. The smallest absolute Gasteiger partial charge is 0.144 e. The van der Waals surface area contributed by atoms with E-state index in [2.05, 4.69) is 20.5 Å². The Balaban J connectivity index is 1.46. The topological polar surface area (TPSA) is 56.3 Å². The molecule has 5 nitrogen and oxygen atoms in total. The van der Waals surface area contributed by atoms with Crippen molar-refractivity contribution >= 4 is 11.4 Å². The Bertz CT molecular complexity index is 568. The van der Waals surface area contributed by atoms with E-state index < -0.39 is 0 Å². The van der Waals surface area contributed by atoms with Gasteiger partial charge in [-0.1, -0.05) is 0 Å². The lowest BCUT2D eigenvalue weighted by Gasteiger charge is -2.31. The second-order valence-electron chi connectivity index (χ2n) is 5.42. The zero-order valence-electron chi connectivity index (χ0n) is 12.2. The van der Waals surface area contributed by atoms with Crippen molar-refractivity contribution in [3.05, 3.63) is 36.9 Å². The molecular formula is C16H22N4O. The number of hydrogen-bond donors (Lipinski definition) is 1. The van der Waals surface area contributed by atoms with Crippen molar-refractivity contribution in [1.82, 2.24) is 9.55 Å². The molecule has 1 aliphatic heterocycles. The lowest BCUT2D eigenvalue weighted by molar-refractivity contribution is 0.307. The highest BCUT2D eigenvalue weighted by Gasteiger charge is 2.17. The van der Waals surface area contributed by atoms with Crippen LogP contribution >= 0.6 is 0 Å². The van der Waals surface area contributed by atoms with Crippen LogP contribution in [-0.2, 0) is 6.54 Å². The highest BCUT2D eigenvalue weighted by Crippen LogP contribution is 2.33. The van der Waals surface area contributed by atoms with E-state index in [0.717, 1.165) is 37.7 Å². The molecule has 0 spiro atoms. The van der Waals surface area contributed by atoms with Gasteiger partial charge in [0.05, 0.1) is 18.6 Å². The molecular weight excluding hydrogens is 264 g/mol. The maximum absolute atomic E-state index is 5.81. The summed E-state index contributed by atoms with van der Waals surface area (Å²) in [7, 11) is 0. The monoisotopic (exact) mass is 286 g/mol. The first kappa shape index (κ1) is 13.8. The number of imidazole rings is 1. The molecule has 0 bridgehead atoms. The third kappa shape index (κ3) is 3.48. The molecule has 0 unspecified atom stereocenters. The van der Waals surface area contributed by atoms with Crippen LogP contribution in [0.3, 0.4) is 0 Å². The summed E-state index contributed by atoms with van der Waals surface area (Å²) in [6.07, 6.45) is 9.33. The van der Waals surface area contributed by atoms with Crippen LogP contribution < -0.4 is 15.4 Å². The normalized spacial score (nSPS) is 13.8. The first-order valence-corrected chi connectivity index (χ1v) is 7.56. The molecule has 0 saturated heterocycles. The molecule has 2 heterocycles. The van der Waals surface area contributed by atoms with Gasteiger partial charge in [0.2, 0.25) is 0 Å². The van der Waals surface area contributed by atoms with Crippen LogP contribution in [0.2, 0.25) is 0 Å². The molecule has 112 valence electrons. The number of anilines is 2.